The summed E-state index contributed by atoms with van der Waals surface area (Å²) in [6, 6.07) is 0. The van der Waals surface area contributed by atoms with E-state index in [1.807, 2.05) is 25.1 Å². The summed E-state index contributed by atoms with van der Waals surface area (Å²) >= 11 is 1.66. The molecule has 0 spiro atoms. The summed E-state index contributed by atoms with van der Waals surface area (Å²) in [6.45, 7) is 8.37. The maximum absolute atomic E-state index is 4.71. The predicted molar refractivity (Wildman–Crippen MR) is 118 cm³/mol. The molecular formula is C17H32IN5S. The van der Waals surface area contributed by atoms with Gasteiger partial charge in [0, 0.05) is 39.6 Å². The maximum atomic E-state index is 4.71. The molecule has 0 aromatic carbocycles. The smallest absolute Gasteiger partial charge is 0.194 e. The lowest BCUT2D eigenvalue weighted by Gasteiger charge is -2.21. The van der Waals surface area contributed by atoms with Gasteiger partial charge in [-0.15, -0.1) is 41.9 Å². The standard InChI is InChI=1S/C17H31N5S.HI/c1-6-8-9-10-11-12-22(5)16(18-7-2)19-13-15-14-23-17(20-15)21(3)4;/h6,14H,1,7-13H2,2-5H3,(H,18,19);1H. The fourth-order valence-electron chi connectivity index (χ4n) is 2.12. The van der Waals surface area contributed by atoms with E-state index in [0.29, 0.717) is 6.54 Å². The molecule has 1 aromatic rings. The summed E-state index contributed by atoms with van der Waals surface area (Å²) in [5, 5.41) is 6.46. The average molecular weight is 465 g/mol. The van der Waals surface area contributed by atoms with Crippen LogP contribution in [0.2, 0.25) is 0 Å². The van der Waals surface area contributed by atoms with Gasteiger partial charge in [-0.1, -0.05) is 12.5 Å². The number of anilines is 1. The number of nitrogens with zero attached hydrogens (tertiary/aromatic N) is 4. The molecule has 0 unspecified atom stereocenters. The Labute approximate surface area is 168 Å². The van der Waals surface area contributed by atoms with Crippen LogP contribution in [0.25, 0.3) is 0 Å². The molecule has 0 aliphatic rings. The molecule has 0 bridgehead atoms. The third kappa shape index (κ3) is 8.86. The highest BCUT2D eigenvalue weighted by atomic mass is 127. The highest BCUT2D eigenvalue weighted by Gasteiger charge is 2.07. The average Bonchev–Trinajstić information content (AvgIpc) is 3.00. The van der Waals surface area contributed by atoms with Crippen molar-refractivity contribution in [3.05, 3.63) is 23.7 Å². The van der Waals surface area contributed by atoms with E-state index in [0.717, 1.165) is 36.3 Å². The summed E-state index contributed by atoms with van der Waals surface area (Å²) in [6.07, 6.45) is 6.72. The van der Waals surface area contributed by atoms with Crippen molar-refractivity contribution in [2.75, 3.05) is 39.1 Å². The molecule has 0 saturated carbocycles. The molecule has 1 rings (SSSR count). The number of nitrogens with one attached hydrogen (secondary N) is 1. The van der Waals surface area contributed by atoms with E-state index in [9.17, 15) is 0 Å². The Balaban J connectivity index is 0.00000529. The van der Waals surface area contributed by atoms with Crippen molar-refractivity contribution in [3.8, 4) is 0 Å². The van der Waals surface area contributed by atoms with E-state index in [-0.39, 0.29) is 24.0 Å². The lowest BCUT2D eigenvalue weighted by molar-refractivity contribution is 0.455. The first-order valence-electron chi connectivity index (χ1n) is 8.30. The Morgan fingerprint density at radius 1 is 1.33 bits per heavy atom. The van der Waals surface area contributed by atoms with Crippen LogP contribution in [0.15, 0.2) is 23.0 Å². The van der Waals surface area contributed by atoms with Crippen LogP contribution in [-0.2, 0) is 6.54 Å². The first kappa shape index (κ1) is 23.2. The fourth-order valence-corrected chi connectivity index (χ4v) is 2.87. The minimum Gasteiger partial charge on any atom is -0.357 e. The van der Waals surface area contributed by atoms with Crippen LogP contribution in [0, 0.1) is 0 Å². The summed E-state index contributed by atoms with van der Waals surface area (Å²) < 4.78 is 0. The second-order valence-corrected chi connectivity index (χ2v) is 6.58. The van der Waals surface area contributed by atoms with Crippen molar-refractivity contribution in [2.24, 2.45) is 4.99 Å². The van der Waals surface area contributed by atoms with Crippen LogP contribution in [0.4, 0.5) is 5.13 Å². The van der Waals surface area contributed by atoms with Crippen LogP contribution in [0.3, 0.4) is 0 Å². The summed E-state index contributed by atoms with van der Waals surface area (Å²) in [4.78, 5) is 13.5. The maximum Gasteiger partial charge on any atom is 0.194 e. The van der Waals surface area contributed by atoms with Gasteiger partial charge in [-0.3, -0.25) is 0 Å². The number of halogens is 1. The summed E-state index contributed by atoms with van der Waals surface area (Å²) in [5.41, 5.74) is 1.02. The monoisotopic (exact) mass is 465 g/mol. The number of hydrogen-bond donors (Lipinski definition) is 1. The van der Waals surface area contributed by atoms with Crippen LogP contribution in [0.5, 0.6) is 0 Å². The number of hydrogen-bond acceptors (Lipinski definition) is 4. The van der Waals surface area contributed by atoms with E-state index in [1.165, 1.54) is 19.3 Å². The van der Waals surface area contributed by atoms with Crippen molar-refractivity contribution in [1.29, 1.82) is 0 Å². The lowest BCUT2D eigenvalue weighted by Crippen LogP contribution is -2.39. The zero-order valence-corrected chi connectivity index (χ0v) is 18.6. The van der Waals surface area contributed by atoms with E-state index in [4.69, 9.17) is 4.99 Å². The molecule has 1 aromatic heterocycles. The van der Waals surface area contributed by atoms with Gasteiger partial charge < -0.3 is 15.1 Å². The van der Waals surface area contributed by atoms with Gasteiger partial charge in [0.15, 0.2) is 11.1 Å². The minimum atomic E-state index is 0. The van der Waals surface area contributed by atoms with Gasteiger partial charge in [0.25, 0.3) is 0 Å². The van der Waals surface area contributed by atoms with Crippen LogP contribution in [-0.4, -0.2) is 50.1 Å². The highest BCUT2D eigenvalue weighted by Crippen LogP contribution is 2.18. The predicted octanol–water partition coefficient (Wildman–Crippen LogP) is 3.97. The Morgan fingerprint density at radius 3 is 2.67 bits per heavy atom. The third-order valence-electron chi connectivity index (χ3n) is 3.41. The van der Waals surface area contributed by atoms with Crippen LogP contribution in [0.1, 0.15) is 38.3 Å². The van der Waals surface area contributed by atoms with E-state index in [1.54, 1.807) is 11.3 Å². The lowest BCUT2D eigenvalue weighted by atomic mass is 10.2. The molecular weight excluding hydrogens is 433 g/mol. The summed E-state index contributed by atoms with van der Waals surface area (Å²) in [7, 11) is 6.12. The topological polar surface area (TPSA) is 43.8 Å². The third-order valence-corrected chi connectivity index (χ3v) is 4.47. The van der Waals surface area contributed by atoms with E-state index < -0.39 is 0 Å². The van der Waals surface area contributed by atoms with Crippen molar-refractivity contribution in [3.63, 3.8) is 0 Å². The molecule has 0 aliphatic heterocycles. The van der Waals surface area contributed by atoms with Gasteiger partial charge in [0.05, 0.1) is 12.2 Å². The van der Waals surface area contributed by atoms with E-state index in [2.05, 4.69) is 41.1 Å². The molecule has 24 heavy (non-hydrogen) atoms. The SMILES string of the molecule is C=CCCCCCN(C)C(=NCc1csc(N(C)C)n1)NCC.I. The largest absolute Gasteiger partial charge is 0.357 e. The van der Waals surface area contributed by atoms with Gasteiger partial charge in [0.2, 0.25) is 0 Å². The molecule has 0 saturated heterocycles. The number of rotatable bonds is 10. The van der Waals surface area contributed by atoms with Crippen molar-refractivity contribution < 1.29 is 0 Å². The molecule has 138 valence electrons. The van der Waals surface area contributed by atoms with Crippen molar-refractivity contribution in [1.82, 2.24) is 15.2 Å². The van der Waals surface area contributed by atoms with Crippen molar-refractivity contribution in [2.45, 2.75) is 39.2 Å². The summed E-state index contributed by atoms with van der Waals surface area (Å²) in [5.74, 6) is 0.954. The van der Waals surface area contributed by atoms with Gasteiger partial charge in [0.1, 0.15) is 0 Å². The van der Waals surface area contributed by atoms with Crippen LogP contribution >= 0.6 is 35.3 Å². The molecule has 0 aliphatic carbocycles. The first-order chi connectivity index (χ1) is 11.1. The minimum absolute atomic E-state index is 0. The molecule has 0 fully saturated rings. The molecule has 7 heteroatoms. The van der Waals surface area contributed by atoms with Gasteiger partial charge in [-0.05, 0) is 26.2 Å². The Bertz CT molecular complexity index is 487. The first-order valence-corrected chi connectivity index (χ1v) is 9.18. The quantitative estimate of drug-likeness (QED) is 0.187. The van der Waals surface area contributed by atoms with Crippen LogP contribution < -0.4 is 10.2 Å². The molecule has 0 radical (unpaired) electrons. The normalized spacial score (nSPS) is 10.9. The Kier molecular flexibility index (Phi) is 13.0. The van der Waals surface area contributed by atoms with E-state index >= 15 is 0 Å². The zero-order valence-electron chi connectivity index (χ0n) is 15.4. The number of thiazole rings is 1. The highest BCUT2D eigenvalue weighted by molar-refractivity contribution is 14.0. The Morgan fingerprint density at radius 2 is 2.08 bits per heavy atom. The number of aliphatic imine (C=N–C) groups is 1. The van der Waals surface area contributed by atoms with Crippen molar-refractivity contribution >= 4 is 46.4 Å². The molecule has 0 atom stereocenters. The van der Waals surface area contributed by atoms with Gasteiger partial charge >= 0.3 is 0 Å². The second-order valence-electron chi connectivity index (χ2n) is 5.75. The number of guanidine groups is 1. The fraction of sp³-hybridized carbons (Fsp3) is 0.647. The van der Waals surface area contributed by atoms with Gasteiger partial charge in [-0.25, -0.2) is 9.98 Å². The molecule has 1 N–H and O–H groups in total. The number of unbranched alkanes of at least 4 members (excludes halogenated alkanes) is 3. The Hall–Kier alpha value is -0.830. The number of aromatic nitrogens is 1. The zero-order chi connectivity index (χ0) is 17.1. The molecule has 5 nitrogen and oxygen atoms in total. The molecule has 1 heterocycles. The van der Waals surface area contributed by atoms with Gasteiger partial charge in [-0.2, -0.15) is 0 Å². The second kappa shape index (κ2) is 13.5. The molecule has 0 amide bonds. The number of allylic oxidation sites excluding steroid dienone is 1.